The van der Waals surface area contributed by atoms with Crippen molar-refractivity contribution in [2.45, 2.75) is 55.6 Å². The molecule has 1 saturated carbocycles. The quantitative estimate of drug-likeness (QED) is 0.889. The van der Waals surface area contributed by atoms with E-state index in [4.69, 9.17) is 0 Å². The number of carbonyl (C=O) groups excluding carboxylic acids is 2. The molecule has 1 aromatic carbocycles. The lowest BCUT2D eigenvalue weighted by Crippen LogP contribution is -2.38. The predicted octanol–water partition coefficient (Wildman–Crippen LogP) is 3.38. The monoisotopic (exact) mass is 346 g/mol. The molecule has 2 fully saturated rings. The van der Waals surface area contributed by atoms with Gasteiger partial charge in [0.15, 0.2) is 0 Å². The van der Waals surface area contributed by atoms with Crippen molar-refractivity contribution in [1.29, 1.82) is 0 Å². The highest BCUT2D eigenvalue weighted by Crippen LogP contribution is 2.36. The van der Waals surface area contributed by atoms with Gasteiger partial charge >= 0.3 is 0 Å². The summed E-state index contributed by atoms with van der Waals surface area (Å²) in [6.45, 7) is 3.74. The predicted molar refractivity (Wildman–Crippen MR) is 97.4 cm³/mol. The van der Waals surface area contributed by atoms with Gasteiger partial charge in [0.05, 0.1) is 12.1 Å². The van der Waals surface area contributed by atoms with E-state index in [-0.39, 0.29) is 18.4 Å². The Morgan fingerprint density at radius 1 is 1.17 bits per heavy atom. The normalized spacial score (nSPS) is 18.1. The summed E-state index contributed by atoms with van der Waals surface area (Å²) >= 11 is 1.82. The standard InChI is InChI=1S/C19H26N2O2S/c1-14-8-9-17(24-15-6-2-3-7-15)16(12-14)19(23)20-13-18(22)21-10-4-5-11-21/h8-9,12,15H,2-7,10-11,13H2,1H3,(H,20,23). The second-order valence-electron chi connectivity index (χ2n) is 6.79. The maximum Gasteiger partial charge on any atom is 0.252 e. The van der Waals surface area contributed by atoms with Crippen molar-refractivity contribution in [3.8, 4) is 0 Å². The van der Waals surface area contributed by atoms with Crippen LogP contribution in [0.3, 0.4) is 0 Å². The summed E-state index contributed by atoms with van der Waals surface area (Å²) in [4.78, 5) is 27.6. The number of hydrogen-bond donors (Lipinski definition) is 1. The molecule has 3 rings (SSSR count). The fraction of sp³-hybridized carbons (Fsp3) is 0.579. The van der Waals surface area contributed by atoms with Crippen LogP contribution in [0.1, 0.15) is 54.4 Å². The largest absolute Gasteiger partial charge is 0.343 e. The molecule has 1 aliphatic heterocycles. The zero-order chi connectivity index (χ0) is 16.9. The highest BCUT2D eigenvalue weighted by molar-refractivity contribution is 8.00. The van der Waals surface area contributed by atoms with Crippen LogP contribution in [0.15, 0.2) is 23.1 Å². The lowest BCUT2D eigenvalue weighted by atomic mass is 10.1. The van der Waals surface area contributed by atoms with Gasteiger partial charge in [-0.05, 0) is 44.7 Å². The highest BCUT2D eigenvalue weighted by Gasteiger charge is 2.22. The molecule has 0 aromatic heterocycles. The number of likely N-dealkylation sites (tertiary alicyclic amines) is 1. The minimum atomic E-state index is -0.133. The first-order valence-corrected chi connectivity index (χ1v) is 9.85. The van der Waals surface area contributed by atoms with Gasteiger partial charge < -0.3 is 10.2 Å². The Bertz CT molecular complexity index is 605. The summed E-state index contributed by atoms with van der Waals surface area (Å²) in [5.74, 6) is -0.106. The van der Waals surface area contributed by atoms with Gasteiger partial charge in [-0.1, -0.05) is 24.5 Å². The van der Waals surface area contributed by atoms with E-state index in [1.165, 1.54) is 25.7 Å². The fourth-order valence-electron chi connectivity index (χ4n) is 3.44. The molecule has 0 bridgehead atoms. The van der Waals surface area contributed by atoms with Gasteiger partial charge in [0.2, 0.25) is 5.91 Å². The van der Waals surface area contributed by atoms with Crippen molar-refractivity contribution in [2.75, 3.05) is 19.6 Å². The van der Waals surface area contributed by atoms with Crippen LogP contribution in [0.4, 0.5) is 0 Å². The van der Waals surface area contributed by atoms with Gasteiger partial charge in [0.25, 0.3) is 5.91 Å². The van der Waals surface area contributed by atoms with Crippen LogP contribution < -0.4 is 5.32 Å². The topological polar surface area (TPSA) is 49.4 Å². The van der Waals surface area contributed by atoms with E-state index in [0.717, 1.165) is 36.4 Å². The molecule has 2 amide bonds. The molecular formula is C19H26N2O2S. The molecule has 1 saturated heterocycles. The van der Waals surface area contributed by atoms with Crippen LogP contribution in [-0.2, 0) is 4.79 Å². The van der Waals surface area contributed by atoms with Crippen molar-refractivity contribution < 1.29 is 9.59 Å². The van der Waals surface area contributed by atoms with Gasteiger partial charge in [-0.15, -0.1) is 11.8 Å². The third-order valence-corrected chi connectivity index (χ3v) is 6.25. The molecule has 1 aliphatic carbocycles. The number of benzene rings is 1. The van der Waals surface area contributed by atoms with E-state index in [0.29, 0.717) is 10.8 Å². The molecule has 130 valence electrons. The Kier molecular flexibility index (Phi) is 5.82. The third-order valence-electron chi connectivity index (χ3n) is 4.83. The first-order chi connectivity index (χ1) is 11.6. The minimum absolute atomic E-state index is 0.0264. The molecule has 0 spiro atoms. The Balaban J connectivity index is 1.64. The number of thioether (sulfide) groups is 1. The maximum absolute atomic E-state index is 12.6. The molecular weight excluding hydrogens is 320 g/mol. The zero-order valence-corrected chi connectivity index (χ0v) is 15.2. The molecule has 24 heavy (non-hydrogen) atoms. The Morgan fingerprint density at radius 2 is 1.88 bits per heavy atom. The smallest absolute Gasteiger partial charge is 0.252 e. The Labute approximate surface area is 148 Å². The Morgan fingerprint density at radius 3 is 2.58 bits per heavy atom. The number of nitrogens with one attached hydrogen (secondary N) is 1. The van der Waals surface area contributed by atoms with Gasteiger partial charge in [0, 0.05) is 23.2 Å². The second kappa shape index (κ2) is 8.06. The molecule has 0 atom stereocenters. The van der Waals surface area contributed by atoms with E-state index < -0.39 is 0 Å². The van der Waals surface area contributed by atoms with Crippen LogP contribution in [0.2, 0.25) is 0 Å². The van der Waals surface area contributed by atoms with Crippen LogP contribution in [0.5, 0.6) is 0 Å². The highest BCUT2D eigenvalue weighted by atomic mass is 32.2. The summed E-state index contributed by atoms with van der Waals surface area (Å²) in [5.41, 5.74) is 1.78. The summed E-state index contributed by atoms with van der Waals surface area (Å²) in [6, 6.07) is 6.05. The number of amides is 2. The van der Waals surface area contributed by atoms with Crippen molar-refractivity contribution in [3.05, 3.63) is 29.3 Å². The average Bonchev–Trinajstić information content (AvgIpc) is 3.27. The number of nitrogens with zero attached hydrogens (tertiary/aromatic N) is 1. The number of rotatable bonds is 5. The van der Waals surface area contributed by atoms with Crippen LogP contribution in [0, 0.1) is 6.92 Å². The maximum atomic E-state index is 12.6. The van der Waals surface area contributed by atoms with E-state index in [1.807, 2.05) is 29.7 Å². The van der Waals surface area contributed by atoms with E-state index in [1.54, 1.807) is 0 Å². The van der Waals surface area contributed by atoms with E-state index in [2.05, 4.69) is 17.4 Å². The van der Waals surface area contributed by atoms with Crippen LogP contribution in [-0.4, -0.2) is 41.6 Å². The molecule has 0 radical (unpaired) electrons. The van der Waals surface area contributed by atoms with Gasteiger partial charge in [-0.3, -0.25) is 9.59 Å². The molecule has 4 nitrogen and oxygen atoms in total. The molecule has 1 N–H and O–H groups in total. The van der Waals surface area contributed by atoms with Crippen molar-refractivity contribution in [2.24, 2.45) is 0 Å². The Hall–Kier alpha value is -1.49. The number of aryl methyl sites for hydroxylation is 1. The molecule has 0 unspecified atom stereocenters. The lowest BCUT2D eigenvalue weighted by Gasteiger charge is -2.17. The molecule has 1 heterocycles. The van der Waals surface area contributed by atoms with Gasteiger partial charge in [-0.2, -0.15) is 0 Å². The summed E-state index contributed by atoms with van der Waals surface area (Å²) < 4.78 is 0. The van der Waals surface area contributed by atoms with E-state index in [9.17, 15) is 9.59 Å². The lowest BCUT2D eigenvalue weighted by molar-refractivity contribution is -0.129. The first kappa shape index (κ1) is 17.3. The van der Waals surface area contributed by atoms with Gasteiger partial charge in [-0.25, -0.2) is 0 Å². The summed E-state index contributed by atoms with van der Waals surface area (Å²) in [6.07, 6.45) is 7.17. The third kappa shape index (κ3) is 4.32. The van der Waals surface area contributed by atoms with Crippen molar-refractivity contribution in [3.63, 3.8) is 0 Å². The number of hydrogen-bond acceptors (Lipinski definition) is 3. The minimum Gasteiger partial charge on any atom is -0.343 e. The van der Waals surface area contributed by atoms with Crippen LogP contribution >= 0.6 is 11.8 Å². The van der Waals surface area contributed by atoms with Crippen molar-refractivity contribution in [1.82, 2.24) is 10.2 Å². The molecule has 5 heteroatoms. The summed E-state index contributed by atoms with van der Waals surface area (Å²) in [5, 5.41) is 3.44. The van der Waals surface area contributed by atoms with Crippen LogP contribution in [0.25, 0.3) is 0 Å². The zero-order valence-electron chi connectivity index (χ0n) is 14.3. The average molecular weight is 346 g/mol. The number of carbonyl (C=O) groups is 2. The molecule has 1 aromatic rings. The first-order valence-electron chi connectivity index (χ1n) is 8.97. The molecule has 2 aliphatic rings. The fourth-order valence-corrected chi connectivity index (χ4v) is 4.79. The van der Waals surface area contributed by atoms with Crippen molar-refractivity contribution >= 4 is 23.6 Å². The second-order valence-corrected chi connectivity index (χ2v) is 8.14. The summed E-state index contributed by atoms with van der Waals surface area (Å²) in [7, 11) is 0. The van der Waals surface area contributed by atoms with E-state index >= 15 is 0 Å². The van der Waals surface area contributed by atoms with Gasteiger partial charge in [0.1, 0.15) is 0 Å². The SMILES string of the molecule is Cc1ccc(SC2CCCC2)c(C(=O)NCC(=O)N2CCCC2)c1.